The van der Waals surface area contributed by atoms with E-state index in [1.54, 1.807) is 0 Å². The van der Waals surface area contributed by atoms with E-state index >= 15 is 0 Å². The first kappa shape index (κ1) is 15.2. The van der Waals surface area contributed by atoms with E-state index in [2.05, 4.69) is 12.2 Å². The minimum atomic E-state index is -0.480. The number of hydrogen-bond acceptors (Lipinski definition) is 3. The van der Waals surface area contributed by atoms with Crippen LogP contribution in [0.5, 0.6) is 0 Å². The average molecular weight is 250 g/mol. The molecule has 0 saturated carbocycles. The van der Waals surface area contributed by atoms with Gasteiger partial charge in [-0.15, -0.1) is 0 Å². The van der Waals surface area contributed by atoms with E-state index in [-0.39, 0.29) is 6.04 Å². The van der Waals surface area contributed by atoms with Crippen molar-refractivity contribution in [1.82, 2.24) is 5.32 Å². The van der Waals surface area contributed by atoms with Gasteiger partial charge >= 0.3 is 0 Å². The molecular weight excluding hydrogens is 224 g/mol. The van der Waals surface area contributed by atoms with E-state index in [1.807, 2.05) is 30.3 Å². The normalized spacial score (nSPS) is 14.4. The Morgan fingerprint density at radius 1 is 1.22 bits per heavy atom. The highest BCUT2D eigenvalue weighted by atomic mass is 16.3. The summed E-state index contributed by atoms with van der Waals surface area (Å²) in [6.45, 7) is 3.73. The zero-order valence-corrected chi connectivity index (χ0v) is 11.3. The van der Waals surface area contributed by atoms with Crippen LogP contribution in [0.2, 0.25) is 0 Å². The van der Waals surface area contributed by atoms with Crippen LogP contribution in [-0.2, 0) is 6.42 Å². The Kier molecular flexibility index (Phi) is 7.65. The number of rotatable bonds is 9. The van der Waals surface area contributed by atoms with Gasteiger partial charge in [-0.2, -0.15) is 0 Å². The molecule has 1 rings (SSSR count). The second-order valence-corrected chi connectivity index (χ2v) is 4.83. The lowest BCUT2D eigenvalue weighted by atomic mass is 10.0. The van der Waals surface area contributed by atoms with Gasteiger partial charge in [0, 0.05) is 12.6 Å². The molecule has 0 spiro atoms. The molecule has 0 aromatic heterocycles. The molecule has 0 amide bonds. The molecular formula is C15H26N2O. The van der Waals surface area contributed by atoms with Crippen LogP contribution in [0.4, 0.5) is 0 Å². The lowest BCUT2D eigenvalue weighted by molar-refractivity contribution is 0.142. The van der Waals surface area contributed by atoms with Gasteiger partial charge in [0.25, 0.3) is 0 Å². The van der Waals surface area contributed by atoms with Gasteiger partial charge < -0.3 is 16.2 Å². The summed E-state index contributed by atoms with van der Waals surface area (Å²) < 4.78 is 0. The number of hydrogen-bond donors (Lipinski definition) is 3. The van der Waals surface area contributed by atoms with Crippen molar-refractivity contribution in [1.29, 1.82) is 0 Å². The molecule has 3 nitrogen and oxygen atoms in total. The zero-order valence-electron chi connectivity index (χ0n) is 11.3. The number of unbranched alkanes of at least 4 members (excludes halogenated alkanes) is 2. The number of nitrogens with one attached hydrogen (secondary N) is 1. The lowest BCUT2D eigenvalue weighted by Gasteiger charge is -2.19. The molecule has 18 heavy (non-hydrogen) atoms. The highest BCUT2D eigenvalue weighted by molar-refractivity contribution is 5.16. The van der Waals surface area contributed by atoms with E-state index in [9.17, 15) is 5.11 Å². The van der Waals surface area contributed by atoms with Gasteiger partial charge in [0.15, 0.2) is 0 Å². The molecule has 0 radical (unpaired) electrons. The Balaban J connectivity index is 2.18. The third-order valence-electron chi connectivity index (χ3n) is 3.12. The molecule has 102 valence electrons. The second-order valence-electron chi connectivity index (χ2n) is 4.83. The van der Waals surface area contributed by atoms with E-state index in [4.69, 9.17) is 5.73 Å². The maximum atomic E-state index is 9.95. The second kappa shape index (κ2) is 9.09. The summed E-state index contributed by atoms with van der Waals surface area (Å²) in [4.78, 5) is 0. The average Bonchev–Trinajstić information content (AvgIpc) is 2.39. The molecule has 0 bridgehead atoms. The molecule has 0 unspecified atom stereocenters. The third kappa shape index (κ3) is 6.15. The van der Waals surface area contributed by atoms with Crippen molar-refractivity contribution in [2.24, 2.45) is 5.73 Å². The number of aliphatic hydroxyl groups is 1. The summed E-state index contributed by atoms with van der Waals surface area (Å²) in [5.74, 6) is 0. The van der Waals surface area contributed by atoms with Crippen LogP contribution in [0.3, 0.4) is 0 Å². The number of benzene rings is 1. The number of aliphatic hydroxyl groups excluding tert-OH is 1. The highest BCUT2D eigenvalue weighted by Gasteiger charge is 2.14. The van der Waals surface area contributed by atoms with Gasteiger partial charge in [-0.3, -0.25) is 0 Å². The summed E-state index contributed by atoms with van der Waals surface area (Å²) in [5.41, 5.74) is 7.18. The van der Waals surface area contributed by atoms with Crippen molar-refractivity contribution in [2.75, 3.05) is 13.1 Å². The summed E-state index contributed by atoms with van der Waals surface area (Å²) in [6.07, 6.45) is 3.86. The highest BCUT2D eigenvalue weighted by Crippen LogP contribution is 2.04. The lowest BCUT2D eigenvalue weighted by Crippen LogP contribution is -2.43. The quantitative estimate of drug-likeness (QED) is 0.585. The molecule has 0 fully saturated rings. The largest absolute Gasteiger partial charge is 0.390 e. The van der Waals surface area contributed by atoms with Gasteiger partial charge in [-0.25, -0.2) is 0 Å². The first-order valence-corrected chi connectivity index (χ1v) is 6.92. The van der Waals surface area contributed by atoms with Crippen molar-refractivity contribution in [3.63, 3.8) is 0 Å². The van der Waals surface area contributed by atoms with Crippen molar-refractivity contribution < 1.29 is 5.11 Å². The van der Waals surface area contributed by atoms with Crippen molar-refractivity contribution >= 4 is 0 Å². The van der Waals surface area contributed by atoms with Crippen LogP contribution in [-0.4, -0.2) is 30.3 Å². The van der Waals surface area contributed by atoms with E-state index in [0.717, 1.165) is 19.4 Å². The summed E-state index contributed by atoms with van der Waals surface area (Å²) >= 11 is 0. The maximum Gasteiger partial charge on any atom is 0.0818 e. The fraction of sp³-hybridized carbons (Fsp3) is 0.600. The van der Waals surface area contributed by atoms with Gasteiger partial charge in [0.2, 0.25) is 0 Å². The fourth-order valence-corrected chi connectivity index (χ4v) is 1.92. The zero-order chi connectivity index (χ0) is 13.2. The standard InChI is InChI=1S/C15H26N2O/c1-2-3-7-10-17-12-15(18)14(16)11-13-8-5-4-6-9-13/h4-6,8-9,14-15,17-18H,2-3,7,10-12,16H2,1H3/t14-,15+/m0/s1. The topological polar surface area (TPSA) is 58.3 Å². The minimum Gasteiger partial charge on any atom is -0.390 e. The van der Waals surface area contributed by atoms with E-state index in [1.165, 1.54) is 18.4 Å². The Hall–Kier alpha value is -0.900. The van der Waals surface area contributed by atoms with Gasteiger partial charge in [-0.05, 0) is 24.9 Å². The van der Waals surface area contributed by atoms with E-state index in [0.29, 0.717) is 6.54 Å². The SMILES string of the molecule is CCCCCNC[C@@H](O)[C@@H](N)Cc1ccccc1. The molecule has 3 heteroatoms. The molecule has 0 aliphatic carbocycles. The molecule has 0 heterocycles. The predicted molar refractivity (Wildman–Crippen MR) is 76.5 cm³/mol. The smallest absolute Gasteiger partial charge is 0.0818 e. The Morgan fingerprint density at radius 2 is 1.94 bits per heavy atom. The van der Waals surface area contributed by atoms with Crippen molar-refractivity contribution in [2.45, 2.75) is 44.8 Å². The number of nitrogens with two attached hydrogens (primary N) is 1. The first-order chi connectivity index (χ1) is 8.74. The van der Waals surface area contributed by atoms with Crippen LogP contribution in [0.15, 0.2) is 30.3 Å². The minimum absolute atomic E-state index is 0.203. The Labute approximate surface area is 110 Å². The Bertz CT molecular complexity index is 303. The fourth-order valence-electron chi connectivity index (χ4n) is 1.92. The maximum absolute atomic E-state index is 9.95. The molecule has 2 atom stereocenters. The summed E-state index contributed by atoms with van der Waals surface area (Å²) in [6, 6.07) is 9.86. The van der Waals surface area contributed by atoms with Crippen LogP contribution in [0, 0.1) is 0 Å². The third-order valence-corrected chi connectivity index (χ3v) is 3.12. The van der Waals surface area contributed by atoms with Crippen molar-refractivity contribution in [3.8, 4) is 0 Å². The van der Waals surface area contributed by atoms with Crippen molar-refractivity contribution in [3.05, 3.63) is 35.9 Å². The Morgan fingerprint density at radius 3 is 2.61 bits per heavy atom. The molecule has 0 aliphatic heterocycles. The molecule has 4 N–H and O–H groups in total. The molecule has 1 aromatic carbocycles. The van der Waals surface area contributed by atoms with Crippen LogP contribution < -0.4 is 11.1 Å². The molecule has 0 saturated heterocycles. The molecule has 0 aliphatic rings. The van der Waals surface area contributed by atoms with E-state index < -0.39 is 6.10 Å². The first-order valence-electron chi connectivity index (χ1n) is 6.92. The van der Waals surface area contributed by atoms with Gasteiger partial charge in [-0.1, -0.05) is 50.1 Å². The monoisotopic (exact) mass is 250 g/mol. The van der Waals surface area contributed by atoms with Crippen LogP contribution >= 0.6 is 0 Å². The molecule has 1 aromatic rings. The van der Waals surface area contributed by atoms with Gasteiger partial charge in [0.1, 0.15) is 0 Å². The van der Waals surface area contributed by atoms with Gasteiger partial charge in [0.05, 0.1) is 6.10 Å². The van der Waals surface area contributed by atoms with Crippen LogP contribution in [0.1, 0.15) is 31.7 Å². The summed E-state index contributed by atoms with van der Waals surface area (Å²) in [7, 11) is 0. The summed E-state index contributed by atoms with van der Waals surface area (Å²) in [5, 5.41) is 13.2. The predicted octanol–water partition coefficient (Wildman–Crippen LogP) is 1.70. The van der Waals surface area contributed by atoms with Crippen LogP contribution in [0.25, 0.3) is 0 Å².